The highest BCUT2D eigenvalue weighted by molar-refractivity contribution is 5.62. The topological polar surface area (TPSA) is 21.7 Å². The van der Waals surface area contributed by atoms with Crippen molar-refractivity contribution in [2.45, 2.75) is 39.3 Å². The fourth-order valence-corrected chi connectivity index (χ4v) is 3.19. The fourth-order valence-electron chi connectivity index (χ4n) is 3.19. The van der Waals surface area contributed by atoms with Crippen molar-refractivity contribution in [1.82, 2.24) is 0 Å². The van der Waals surface area contributed by atoms with Gasteiger partial charge in [0.1, 0.15) is 17.4 Å². The Hall–Kier alpha value is -2.14. The summed E-state index contributed by atoms with van der Waals surface area (Å²) in [6.07, 6.45) is -0.809. The third kappa shape index (κ3) is 3.54. The van der Waals surface area contributed by atoms with E-state index >= 15 is 0 Å². The molecule has 1 fully saturated rings. The van der Waals surface area contributed by atoms with Crippen LogP contribution in [0.25, 0.3) is 0 Å². The van der Waals surface area contributed by atoms with Crippen LogP contribution in [0.4, 0.5) is 14.5 Å². The zero-order chi connectivity index (χ0) is 18.9. The Balaban J connectivity index is 2.04. The second-order valence-electron chi connectivity index (χ2n) is 7.42. The normalized spacial score (nSPS) is 17.6. The minimum absolute atomic E-state index is 0.0249. The molecule has 3 nitrogen and oxygen atoms in total. The molecule has 0 amide bonds. The molecular formula is C21H25F2NO2. The van der Waals surface area contributed by atoms with Crippen LogP contribution in [0.2, 0.25) is 0 Å². The molecule has 1 aliphatic rings. The van der Waals surface area contributed by atoms with Gasteiger partial charge in [-0.25, -0.2) is 8.78 Å². The number of hydrogen-bond donors (Lipinski definition) is 0. The number of rotatable bonds is 4. The highest BCUT2D eigenvalue weighted by Gasteiger charge is 2.33. The molecule has 1 atom stereocenters. The van der Waals surface area contributed by atoms with Crippen LogP contribution in [0.15, 0.2) is 36.4 Å². The summed E-state index contributed by atoms with van der Waals surface area (Å²) in [5.74, 6) is -0.510. The predicted molar refractivity (Wildman–Crippen MR) is 98.7 cm³/mol. The van der Waals surface area contributed by atoms with Gasteiger partial charge in [0.15, 0.2) is 6.23 Å². The van der Waals surface area contributed by atoms with E-state index in [-0.39, 0.29) is 11.0 Å². The van der Waals surface area contributed by atoms with Gasteiger partial charge in [0.25, 0.3) is 0 Å². The van der Waals surface area contributed by atoms with Crippen LogP contribution in [0, 0.1) is 11.6 Å². The molecular weight excluding hydrogens is 336 g/mol. The second-order valence-corrected chi connectivity index (χ2v) is 7.42. The first-order valence-corrected chi connectivity index (χ1v) is 8.92. The van der Waals surface area contributed by atoms with E-state index in [9.17, 15) is 8.78 Å². The van der Waals surface area contributed by atoms with Crippen molar-refractivity contribution >= 4 is 5.69 Å². The third-order valence-electron chi connectivity index (χ3n) is 4.57. The van der Waals surface area contributed by atoms with Crippen LogP contribution in [0.3, 0.4) is 0 Å². The summed E-state index contributed by atoms with van der Waals surface area (Å²) >= 11 is 0. The molecule has 0 aromatic heterocycles. The minimum Gasteiger partial charge on any atom is -0.492 e. The lowest BCUT2D eigenvalue weighted by Gasteiger charge is -2.29. The van der Waals surface area contributed by atoms with Crippen molar-refractivity contribution < 1.29 is 18.3 Å². The quantitative estimate of drug-likeness (QED) is 0.747. The molecule has 5 heteroatoms. The van der Waals surface area contributed by atoms with Crippen LogP contribution in [-0.4, -0.2) is 19.8 Å². The smallest absolute Gasteiger partial charge is 0.162 e. The zero-order valence-corrected chi connectivity index (χ0v) is 15.7. The van der Waals surface area contributed by atoms with Gasteiger partial charge in [0, 0.05) is 6.54 Å². The van der Waals surface area contributed by atoms with E-state index in [1.807, 2.05) is 30.0 Å². The molecule has 0 bridgehead atoms. The lowest BCUT2D eigenvalue weighted by Crippen LogP contribution is -2.26. The van der Waals surface area contributed by atoms with E-state index in [2.05, 4.69) is 20.8 Å². The molecule has 140 valence electrons. The largest absolute Gasteiger partial charge is 0.492 e. The van der Waals surface area contributed by atoms with Gasteiger partial charge in [-0.1, -0.05) is 32.9 Å². The Labute approximate surface area is 153 Å². The summed E-state index contributed by atoms with van der Waals surface area (Å²) in [5.41, 5.74) is 1.83. The van der Waals surface area contributed by atoms with Crippen molar-refractivity contribution in [3.05, 3.63) is 59.2 Å². The summed E-state index contributed by atoms with van der Waals surface area (Å²) in [4.78, 5) is 1.86. The van der Waals surface area contributed by atoms with Gasteiger partial charge >= 0.3 is 0 Å². The van der Waals surface area contributed by atoms with Gasteiger partial charge in [-0.05, 0) is 42.2 Å². The Morgan fingerprint density at radius 3 is 2.46 bits per heavy atom. The molecule has 0 aliphatic carbocycles. The molecule has 1 unspecified atom stereocenters. The molecule has 0 spiro atoms. The molecule has 0 N–H and O–H groups in total. The Kier molecular flexibility index (Phi) is 5.19. The predicted octanol–water partition coefficient (Wildman–Crippen LogP) is 5.20. The molecule has 2 aromatic rings. The molecule has 0 radical (unpaired) electrons. The van der Waals surface area contributed by atoms with Gasteiger partial charge in [-0.15, -0.1) is 0 Å². The molecule has 0 saturated carbocycles. The van der Waals surface area contributed by atoms with Gasteiger partial charge in [-0.3, -0.25) is 0 Å². The highest BCUT2D eigenvalue weighted by atomic mass is 19.1. The first-order valence-electron chi connectivity index (χ1n) is 8.92. The van der Waals surface area contributed by atoms with E-state index in [0.717, 1.165) is 11.3 Å². The minimum atomic E-state index is -0.809. The Morgan fingerprint density at radius 1 is 1.15 bits per heavy atom. The zero-order valence-electron chi connectivity index (χ0n) is 15.7. The van der Waals surface area contributed by atoms with Crippen LogP contribution >= 0.6 is 0 Å². The molecule has 2 aromatic carbocycles. The van der Waals surface area contributed by atoms with Gasteiger partial charge in [0.05, 0.1) is 24.5 Å². The van der Waals surface area contributed by atoms with Gasteiger partial charge in [-0.2, -0.15) is 0 Å². The average molecular weight is 361 g/mol. The molecule has 1 aliphatic heterocycles. The Bertz CT molecular complexity index is 766. The number of benzene rings is 2. The van der Waals surface area contributed by atoms with E-state index in [0.29, 0.717) is 25.5 Å². The average Bonchev–Trinajstić information content (AvgIpc) is 3.03. The summed E-state index contributed by atoms with van der Waals surface area (Å²) < 4.78 is 40.1. The van der Waals surface area contributed by atoms with Crippen LogP contribution in [-0.2, 0) is 10.2 Å². The second kappa shape index (κ2) is 7.23. The maximum absolute atomic E-state index is 14.3. The molecule has 1 heterocycles. The molecule has 26 heavy (non-hydrogen) atoms. The SMILES string of the molecule is CCOc1cc(C(C)(C)C)ccc1N1CCOC1c1c(F)cccc1F. The van der Waals surface area contributed by atoms with Crippen LogP contribution in [0.5, 0.6) is 5.75 Å². The molecule has 3 rings (SSSR count). The van der Waals surface area contributed by atoms with E-state index < -0.39 is 17.9 Å². The van der Waals surface area contributed by atoms with Crippen molar-refractivity contribution in [1.29, 1.82) is 0 Å². The summed E-state index contributed by atoms with van der Waals surface area (Å²) in [5, 5.41) is 0. The number of nitrogens with zero attached hydrogens (tertiary/aromatic N) is 1. The highest BCUT2D eigenvalue weighted by Crippen LogP contribution is 2.41. The lowest BCUT2D eigenvalue weighted by atomic mass is 9.87. The van der Waals surface area contributed by atoms with Crippen molar-refractivity contribution in [3.8, 4) is 5.75 Å². The maximum Gasteiger partial charge on any atom is 0.162 e. The summed E-state index contributed by atoms with van der Waals surface area (Å²) in [7, 11) is 0. The van der Waals surface area contributed by atoms with E-state index in [1.54, 1.807) is 0 Å². The first kappa shape index (κ1) is 18.6. The summed E-state index contributed by atoms with van der Waals surface area (Å²) in [6, 6.07) is 9.86. The Morgan fingerprint density at radius 2 is 1.85 bits per heavy atom. The fraction of sp³-hybridized carbons (Fsp3) is 0.429. The first-order chi connectivity index (χ1) is 12.3. The van der Waals surface area contributed by atoms with E-state index in [4.69, 9.17) is 9.47 Å². The summed E-state index contributed by atoms with van der Waals surface area (Å²) in [6.45, 7) is 9.76. The number of halogens is 2. The van der Waals surface area contributed by atoms with Gasteiger partial charge < -0.3 is 14.4 Å². The number of hydrogen-bond acceptors (Lipinski definition) is 3. The van der Waals surface area contributed by atoms with Crippen molar-refractivity contribution in [3.63, 3.8) is 0 Å². The maximum atomic E-state index is 14.3. The van der Waals surface area contributed by atoms with E-state index in [1.165, 1.54) is 18.2 Å². The number of ether oxygens (including phenoxy) is 2. The molecule has 1 saturated heterocycles. The van der Waals surface area contributed by atoms with Crippen molar-refractivity contribution in [2.75, 3.05) is 24.7 Å². The third-order valence-corrected chi connectivity index (χ3v) is 4.57. The standard InChI is InChI=1S/C21H25F2NO2/c1-5-25-18-13-14(21(2,3)4)9-10-17(18)24-11-12-26-20(24)19-15(22)7-6-8-16(19)23/h6-10,13,20H,5,11-12H2,1-4H3. The van der Waals surface area contributed by atoms with Gasteiger partial charge in [0.2, 0.25) is 0 Å². The van der Waals surface area contributed by atoms with Crippen LogP contribution < -0.4 is 9.64 Å². The number of anilines is 1. The lowest BCUT2D eigenvalue weighted by molar-refractivity contribution is 0.107. The van der Waals surface area contributed by atoms with Crippen molar-refractivity contribution in [2.24, 2.45) is 0 Å². The van der Waals surface area contributed by atoms with Crippen LogP contribution in [0.1, 0.15) is 45.0 Å². The monoisotopic (exact) mass is 361 g/mol.